The highest BCUT2D eigenvalue weighted by Crippen LogP contribution is 2.34. The van der Waals surface area contributed by atoms with Gasteiger partial charge >= 0.3 is 0 Å². The number of amides is 2. The number of aromatic nitrogens is 2. The topological polar surface area (TPSA) is 75.6 Å². The first-order chi connectivity index (χ1) is 15.1. The maximum absolute atomic E-state index is 13.1. The second-order valence-electron chi connectivity index (χ2n) is 7.30. The molecular formula is C23H24N4O3S. The number of hydrogen-bond donors (Lipinski definition) is 0. The molecular weight excluding hydrogens is 412 g/mol. The van der Waals surface area contributed by atoms with E-state index >= 15 is 0 Å². The molecule has 1 fully saturated rings. The Morgan fingerprint density at radius 1 is 1.10 bits per heavy atom. The first-order valence-electron chi connectivity index (χ1n) is 10.2. The van der Waals surface area contributed by atoms with Gasteiger partial charge in [-0.05, 0) is 36.2 Å². The Morgan fingerprint density at radius 3 is 2.61 bits per heavy atom. The van der Waals surface area contributed by atoms with Crippen molar-refractivity contribution in [1.82, 2.24) is 19.8 Å². The van der Waals surface area contributed by atoms with Crippen molar-refractivity contribution in [2.45, 2.75) is 19.4 Å². The third-order valence-corrected chi connectivity index (χ3v) is 6.45. The summed E-state index contributed by atoms with van der Waals surface area (Å²) in [5.74, 6) is 0.562. The Morgan fingerprint density at radius 2 is 1.87 bits per heavy atom. The third-order valence-electron chi connectivity index (χ3n) is 5.30. The number of hydrogen-bond acceptors (Lipinski definition) is 6. The molecule has 3 aromatic rings. The fraction of sp³-hybridized carbons (Fsp3) is 0.304. The molecule has 2 aromatic heterocycles. The second-order valence-corrected chi connectivity index (χ2v) is 8.36. The molecule has 0 bridgehead atoms. The zero-order chi connectivity index (χ0) is 21.6. The molecule has 1 aromatic carbocycles. The lowest BCUT2D eigenvalue weighted by Gasteiger charge is -2.28. The summed E-state index contributed by atoms with van der Waals surface area (Å²) in [6.45, 7) is 3.06. The van der Waals surface area contributed by atoms with Crippen molar-refractivity contribution in [2.75, 3.05) is 26.2 Å². The number of ether oxygens (including phenoxy) is 1. The molecule has 2 amide bonds. The van der Waals surface area contributed by atoms with E-state index in [9.17, 15) is 9.59 Å². The van der Waals surface area contributed by atoms with E-state index in [2.05, 4.69) is 9.97 Å². The highest BCUT2D eigenvalue weighted by Gasteiger charge is 2.32. The number of carbonyl (C=O) groups is 2. The molecule has 0 spiro atoms. The average molecular weight is 437 g/mol. The van der Waals surface area contributed by atoms with Crippen LogP contribution in [0.2, 0.25) is 0 Å². The van der Waals surface area contributed by atoms with E-state index in [0.717, 1.165) is 15.4 Å². The van der Waals surface area contributed by atoms with Gasteiger partial charge in [0, 0.05) is 45.1 Å². The number of rotatable bonds is 5. The molecule has 31 heavy (non-hydrogen) atoms. The van der Waals surface area contributed by atoms with Crippen LogP contribution in [-0.2, 0) is 9.59 Å². The zero-order valence-corrected chi connectivity index (χ0v) is 18.1. The van der Waals surface area contributed by atoms with Crippen LogP contribution < -0.4 is 4.74 Å². The Balaban J connectivity index is 1.55. The molecule has 1 saturated heterocycles. The lowest BCUT2D eigenvalue weighted by Crippen LogP contribution is -2.40. The van der Waals surface area contributed by atoms with Crippen LogP contribution in [0.15, 0.2) is 61.1 Å². The number of benzene rings is 1. The quantitative estimate of drug-likeness (QED) is 0.613. The van der Waals surface area contributed by atoms with Crippen LogP contribution in [-0.4, -0.2) is 57.8 Å². The van der Waals surface area contributed by atoms with Gasteiger partial charge in [0.25, 0.3) is 5.91 Å². The fourth-order valence-corrected chi connectivity index (χ4v) is 4.71. The van der Waals surface area contributed by atoms with Gasteiger partial charge in [0.05, 0.1) is 10.9 Å². The molecule has 0 N–H and O–H groups in total. The van der Waals surface area contributed by atoms with E-state index in [1.807, 2.05) is 48.7 Å². The summed E-state index contributed by atoms with van der Waals surface area (Å²) in [7, 11) is 0. The number of thiazole rings is 1. The second kappa shape index (κ2) is 9.70. The van der Waals surface area contributed by atoms with Gasteiger partial charge in [0.2, 0.25) is 5.91 Å². The van der Waals surface area contributed by atoms with E-state index in [-0.39, 0.29) is 24.5 Å². The number of nitrogens with zero attached hydrogens (tertiary/aromatic N) is 4. The van der Waals surface area contributed by atoms with E-state index in [0.29, 0.717) is 31.8 Å². The largest absolute Gasteiger partial charge is 0.484 e. The van der Waals surface area contributed by atoms with Gasteiger partial charge in [-0.15, -0.1) is 11.3 Å². The Labute approximate surface area is 185 Å². The van der Waals surface area contributed by atoms with Crippen molar-refractivity contribution in [3.8, 4) is 16.2 Å². The minimum atomic E-state index is -0.197. The minimum absolute atomic E-state index is 0.0187. The molecule has 1 atom stereocenters. The van der Waals surface area contributed by atoms with Crippen molar-refractivity contribution < 1.29 is 14.3 Å². The van der Waals surface area contributed by atoms with Crippen LogP contribution >= 0.6 is 11.3 Å². The van der Waals surface area contributed by atoms with Gasteiger partial charge in [-0.1, -0.05) is 18.2 Å². The Bertz CT molecular complexity index is 1030. The molecule has 160 valence electrons. The van der Waals surface area contributed by atoms with E-state index < -0.39 is 0 Å². The maximum atomic E-state index is 13.1. The summed E-state index contributed by atoms with van der Waals surface area (Å²) in [6.07, 6.45) is 5.98. The summed E-state index contributed by atoms with van der Waals surface area (Å²) < 4.78 is 5.70. The molecule has 8 heteroatoms. The molecule has 0 aliphatic carbocycles. The van der Waals surface area contributed by atoms with Gasteiger partial charge in [0.15, 0.2) is 6.61 Å². The van der Waals surface area contributed by atoms with Crippen LogP contribution in [0.25, 0.3) is 10.4 Å². The van der Waals surface area contributed by atoms with Crippen molar-refractivity contribution in [3.63, 3.8) is 0 Å². The van der Waals surface area contributed by atoms with E-state index in [4.69, 9.17) is 4.74 Å². The normalized spacial score (nSPS) is 16.6. The van der Waals surface area contributed by atoms with Gasteiger partial charge in [0.1, 0.15) is 10.8 Å². The van der Waals surface area contributed by atoms with Crippen LogP contribution in [0.5, 0.6) is 5.75 Å². The highest BCUT2D eigenvalue weighted by molar-refractivity contribution is 7.15. The summed E-state index contributed by atoms with van der Waals surface area (Å²) in [4.78, 5) is 38.4. The molecule has 1 aliphatic heterocycles. The zero-order valence-electron chi connectivity index (χ0n) is 17.3. The van der Waals surface area contributed by atoms with Crippen LogP contribution in [0.4, 0.5) is 0 Å². The van der Waals surface area contributed by atoms with Crippen molar-refractivity contribution in [1.29, 1.82) is 0 Å². The van der Waals surface area contributed by atoms with Crippen LogP contribution in [0.3, 0.4) is 0 Å². The van der Waals surface area contributed by atoms with Gasteiger partial charge in [-0.2, -0.15) is 0 Å². The third kappa shape index (κ3) is 5.08. The van der Waals surface area contributed by atoms with Crippen LogP contribution in [0, 0.1) is 0 Å². The lowest BCUT2D eigenvalue weighted by molar-refractivity contribution is -0.136. The van der Waals surface area contributed by atoms with Gasteiger partial charge in [-0.25, -0.2) is 4.98 Å². The number of carbonyl (C=O) groups excluding carboxylic acids is 2. The van der Waals surface area contributed by atoms with E-state index in [1.165, 1.54) is 0 Å². The Kier molecular flexibility index (Phi) is 6.57. The maximum Gasteiger partial charge on any atom is 0.261 e. The first-order valence-corrected chi connectivity index (χ1v) is 11.0. The summed E-state index contributed by atoms with van der Waals surface area (Å²) in [5, 5.41) is 0.866. The predicted octanol–water partition coefficient (Wildman–Crippen LogP) is 3.41. The number of pyridine rings is 1. The van der Waals surface area contributed by atoms with Crippen molar-refractivity contribution >= 4 is 23.2 Å². The predicted molar refractivity (Wildman–Crippen MR) is 119 cm³/mol. The van der Waals surface area contributed by atoms with Crippen molar-refractivity contribution in [3.05, 3.63) is 66.1 Å². The molecule has 1 aliphatic rings. The standard InChI is InChI=1S/C23H24N4O3S/c1-17(28)26-12-9-20(23-25-15-21(31-23)18-7-10-24-11-8-18)27(14-13-26)22(29)16-30-19-5-3-2-4-6-19/h2-8,10-11,15,20H,9,12-14,16H2,1H3. The number of para-hydroxylation sites is 1. The molecule has 0 radical (unpaired) electrons. The van der Waals surface area contributed by atoms with Gasteiger partial charge < -0.3 is 14.5 Å². The SMILES string of the molecule is CC(=O)N1CCC(c2ncc(-c3ccncc3)s2)N(C(=O)COc2ccccc2)CC1. The van der Waals surface area contributed by atoms with E-state index in [1.54, 1.807) is 40.5 Å². The Hall–Kier alpha value is -3.26. The lowest BCUT2D eigenvalue weighted by atomic mass is 10.2. The molecule has 7 nitrogen and oxygen atoms in total. The summed E-state index contributed by atoms with van der Waals surface area (Å²) in [6, 6.07) is 13.0. The average Bonchev–Trinajstić information content (AvgIpc) is 3.18. The van der Waals surface area contributed by atoms with Crippen molar-refractivity contribution in [2.24, 2.45) is 0 Å². The highest BCUT2D eigenvalue weighted by atomic mass is 32.1. The molecule has 3 heterocycles. The molecule has 0 saturated carbocycles. The first kappa shape index (κ1) is 21.0. The molecule has 4 rings (SSSR count). The minimum Gasteiger partial charge on any atom is -0.484 e. The van der Waals surface area contributed by atoms with Crippen LogP contribution in [0.1, 0.15) is 24.4 Å². The summed E-state index contributed by atoms with van der Waals surface area (Å²) in [5.41, 5.74) is 1.04. The smallest absolute Gasteiger partial charge is 0.261 e. The summed E-state index contributed by atoms with van der Waals surface area (Å²) >= 11 is 1.57. The fourth-order valence-electron chi connectivity index (χ4n) is 3.64. The van der Waals surface area contributed by atoms with Gasteiger partial charge in [-0.3, -0.25) is 14.6 Å². The monoisotopic (exact) mass is 436 g/mol. The molecule has 1 unspecified atom stereocenters.